The Hall–Kier alpha value is -1.60. The van der Waals surface area contributed by atoms with E-state index in [1.807, 2.05) is 28.8 Å². The lowest BCUT2D eigenvalue weighted by Gasteiger charge is -2.34. The minimum atomic E-state index is -0.870. The minimum absolute atomic E-state index is 0.246. The van der Waals surface area contributed by atoms with Crippen LogP contribution in [-0.2, 0) is 9.53 Å². The van der Waals surface area contributed by atoms with Gasteiger partial charge in [0.15, 0.2) is 10.8 Å². The number of rotatable bonds is 3. The number of pyridine rings is 1. The van der Waals surface area contributed by atoms with Crippen LogP contribution in [0.3, 0.4) is 0 Å². The molecule has 0 saturated heterocycles. The quantitative estimate of drug-likeness (QED) is 0.868. The van der Waals surface area contributed by atoms with Crippen LogP contribution < -0.4 is 5.73 Å². The summed E-state index contributed by atoms with van der Waals surface area (Å²) < 4.78 is 6.79. The van der Waals surface area contributed by atoms with Gasteiger partial charge in [-0.3, -0.25) is 9.20 Å². The van der Waals surface area contributed by atoms with Crippen LogP contribution in [0.2, 0.25) is 0 Å². The highest BCUT2D eigenvalue weighted by molar-refractivity contribution is 7.99. The second kappa shape index (κ2) is 5.65. The predicted octanol–water partition coefficient (Wildman–Crippen LogP) is 1.63. The standard InChI is InChI=1S/C14H18N4O2S/c1-20-12(19)14(15)7-4-5-10(9-14)21-13-17-16-11-6-2-3-8-18(11)13/h2-3,6,8,10H,4-5,7,9,15H2,1H3. The molecule has 1 aliphatic carbocycles. The van der Waals surface area contributed by atoms with Gasteiger partial charge in [0, 0.05) is 11.4 Å². The first-order valence-electron chi connectivity index (χ1n) is 6.96. The van der Waals surface area contributed by atoms with Gasteiger partial charge in [0.05, 0.1) is 7.11 Å². The summed E-state index contributed by atoms with van der Waals surface area (Å²) in [6, 6.07) is 5.80. The van der Waals surface area contributed by atoms with Crippen LogP contribution in [0, 0.1) is 0 Å². The molecule has 21 heavy (non-hydrogen) atoms. The third-order valence-corrected chi connectivity index (χ3v) is 5.11. The van der Waals surface area contributed by atoms with E-state index in [2.05, 4.69) is 10.2 Å². The maximum atomic E-state index is 11.9. The second-order valence-corrected chi connectivity index (χ2v) is 6.66. The SMILES string of the molecule is COC(=O)C1(N)CCCC(Sc2nnc3ccccn23)C1. The summed E-state index contributed by atoms with van der Waals surface area (Å²) in [5, 5.41) is 9.45. The average Bonchev–Trinajstić information content (AvgIpc) is 2.90. The number of methoxy groups -OCH3 is 1. The molecule has 2 N–H and O–H groups in total. The first kappa shape index (κ1) is 14.3. The maximum Gasteiger partial charge on any atom is 0.325 e. The van der Waals surface area contributed by atoms with Crippen LogP contribution in [0.1, 0.15) is 25.7 Å². The van der Waals surface area contributed by atoms with Gasteiger partial charge in [0.1, 0.15) is 5.54 Å². The molecule has 0 aliphatic heterocycles. The predicted molar refractivity (Wildman–Crippen MR) is 80.0 cm³/mol. The third-order valence-electron chi connectivity index (χ3n) is 3.89. The van der Waals surface area contributed by atoms with E-state index in [9.17, 15) is 4.79 Å². The van der Waals surface area contributed by atoms with Gasteiger partial charge in [-0.2, -0.15) is 0 Å². The van der Waals surface area contributed by atoms with E-state index < -0.39 is 5.54 Å². The molecule has 6 nitrogen and oxygen atoms in total. The van der Waals surface area contributed by atoms with E-state index in [1.165, 1.54) is 7.11 Å². The largest absolute Gasteiger partial charge is 0.468 e. The average molecular weight is 306 g/mol. The molecule has 7 heteroatoms. The number of fused-ring (bicyclic) bond motifs is 1. The number of carbonyl (C=O) groups is 1. The Bertz CT molecular complexity index is 659. The van der Waals surface area contributed by atoms with Gasteiger partial charge in [-0.25, -0.2) is 0 Å². The van der Waals surface area contributed by atoms with Crippen molar-refractivity contribution in [2.24, 2.45) is 5.73 Å². The van der Waals surface area contributed by atoms with Crippen LogP contribution in [-0.4, -0.2) is 38.5 Å². The summed E-state index contributed by atoms with van der Waals surface area (Å²) in [6.07, 6.45) is 5.16. The molecule has 2 heterocycles. The zero-order valence-electron chi connectivity index (χ0n) is 11.9. The molecule has 0 aromatic carbocycles. The lowest BCUT2D eigenvalue weighted by atomic mass is 9.82. The third kappa shape index (κ3) is 2.75. The number of thioether (sulfide) groups is 1. The molecule has 1 saturated carbocycles. The van der Waals surface area contributed by atoms with E-state index in [4.69, 9.17) is 10.5 Å². The molecule has 0 radical (unpaired) electrons. The fourth-order valence-corrected chi connectivity index (χ4v) is 4.11. The number of hydrogen-bond acceptors (Lipinski definition) is 6. The fourth-order valence-electron chi connectivity index (χ4n) is 2.79. The monoisotopic (exact) mass is 306 g/mol. The van der Waals surface area contributed by atoms with E-state index >= 15 is 0 Å². The highest BCUT2D eigenvalue weighted by Crippen LogP contribution is 2.37. The van der Waals surface area contributed by atoms with Gasteiger partial charge in [-0.15, -0.1) is 10.2 Å². The molecule has 0 amide bonds. The van der Waals surface area contributed by atoms with Crippen LogP contribution in [0.5, 0.6) is 0 Å². The van der Waals surface area contributed by atoms with Crippen LogP contribution in [0.15, 0.2) is 29.6 Å². The maximum absolute atomic E-state index is 11.9. The first-order valence-corrected chi connectivity index (χ1v) is 7.84. The summed E-state index contributed by atoms with van der Waals surface area (Å²) in [6.45, 7) is 0. The second-order valence-electron chi connectivity index (χ2n) is 5.40. The van der Waals surface area contributed by atoms with Crippen molar-refractivity contribution in [2.75, 3.05) is 7.11 Å². The molecule has 1 aliphatic rings. The molecular weight excluding hydrogens is 288 g/mol. The van der Waals surface area contributed by atoms with Crippen molar-refractivity contribution < 1.29 is 9.53 Å². The fraction of sp³-hybridized carbons (Fsp3) is 0.500. The lowest BCUT2D eigenvalue weighted by Crippen LogP contribution is -2.52. The molecule has 0 spiro atoms. The number of esters is 1. The minimum Gasteiger partial charge on any atom is -0.468 e. The summed E-state index contributed by atoms with van der Waals surface area (Å²) in [7, 11) is 1.39. The van der Waals surface area contributed by atoms with Crippen molar-refractivity contribution in [2.45, 2.75) is 41.6 Å². The Morgan fingerprint density at radius 1 is 1.52 bits per heavy atom. The van der Waals surface area contributed by atoms with Gasteiger partial charge >= 0.3 is 5.97 Å². The summed E-state index contributed by atoms with van der Waals surface area (Å²) in [4.78, 5) is 11.9. The van der Waals surface area contributed by atoms with Crippen molar-refractivity contribution in [1.29, 1.82) is 0 Å². The van der Waals surface area contributed by atoms with Gasteiger partial charge < -0.3 is 10.5 Å². The van der Waals surface area contributed by atoms with Crippen LogP contribution >= 0.6 is 11.8 Å². The molecule has 112 valence electrons. The van der Waals surface area contributed by atoms with E-state index in [0.717, 1.165) is 23.6 Å². The van der Waals surface area contributed by atoms with E-state index in [-0.39, 0.29) is 11.2 Å². The number of ether oxygens (including phenoxy) is 1. The molecule has 2 unspecified atom stereocenters. The smallest absolute Gasteiger partial charge is 0.325 e. The molecule has 2 atom stereocenters. The van der Waals surface area contributed by atoms with Crippen molar-refractivity contribution in [1.82, 2.24) is 14.6 Å². The molecule has 3 rings (SSSR count). The number of hydrogen-bond donors (Lipinski definition) is 1. The Morgan fingerprint density at radius 3 is 3.19 bits per heavy atom. The van der Waals surface area contributed by atoms with Crippen LogP contribution in [0.25, 0.3) is 5.65 Å². The summed E-state index contributed by atoms with van der Waals surface area (Å²) >= 11 is 1.63. The number of aromatic nitrogens is 3. The Balaban J connectivity index is 1.77. The number of carbonyl (C=O) groups excluding carboxylic acids is 1. The van der Waals surface area contributed by atoms with Crippen molar-refractivity contribution in [3.8, 4) is 0 Å². The van der Waals surface area contributed by atoms with Crippen molar-refractivity contribution in [3.05, 3.63) is 24.4 Å². The van der Waals surface area contributed by atoms with E-state index in [0.29, 0.717) is 12.8 Å². The molecule has 0 bridgehead atoms. The van der Waals surface area contributed by atoms with Crippen molar-refractivity contribution in [3.63, 3.8) is 0 Å². The highest BCUT2D eigenvalue weighted by Gasteiger charge is 2.40. The lowest BCUT2D eigenvalue weighted by molar-refractivity contribution is -0.148. The molecule has 1 fully saturated rings. The normalized spacial score (nSPS) is 25.9. The molecule has 2 aromatic heterocycles. The summed E-state index contributed by atoms with van der Waals surface area (Å²) in [5.41, 5.74) is 6.17. The summed E-state index contributed by atoms with van der Waals surface area (Å²) in [5.74, 6) is -0.320. The number of nitrogens with two attached hydrogens (primary N) is 1. The first-order chi connectivity index (χ1) is 10.1. The van der Waals surface area contributed by atoms with Crippen LogP contribution in [0.4, 0.5) is 0 Å². The zero-order valence-corrected chi connectivity index (χ0v) is 12.7. The van der Waals surface area contributed by atoms with Gasteiger partial charge in [-0.1, -0.05) is 17.8 Å². The molecular formula is C14H18N4O2S. The Morgan fingerprint density at radius 2 is 2.38 bits per heavy atom. The van der Waals surface area contributed by atoms with Gasteiger partial charge in [0.25, 0.3) is 0 Å². The van der Waals surface area contributed by atoms with Gasteiger partial charge in [0.2, 0.25) is 0 Å². The Kier molecular flexibility index (Phi) is 3.86. The highest BCUT2D eigenvalue weighted by atomic mass is 32.2. The van der Waals surface area contributed by atoms with E-state index in [1.54, 1.807) is 11.8 Å². The zero-order chi connectivity index (χ0) is 14.9. The van der Waals surface area contributed by atoms with Crippen molar-refractivity contribution >= 4 is 23.4 Å². The van der Waals surface area contributed by atoms with Gasteiger partial charge in [-0.05, 0) is 37.8 Å². The Labute approximate surface area is 127 Å². The molecule has 2 aromatic rings. The topological polar surface area (TPSA) is 82.5 Å². The number of nitrogens with zero attached hydrogens (tertiary/aromatic N) is 3.